The molecule has 2 heterocycles. The molecule has 1 aliphatic heterocycles. The minimum atomic E-state index is 0.578. The quantitative estimate of drug-likeness (QED) is 0.666. The second kappa shape index (κ2) is 6.64. The Morgan fingerprint density at radius 3 is 2.96 bits per heavy atom. The van der Waals surface area contributed by atoms with Crippen molar-refractivity contribution >= 4 is 17.7 Å². The number of rotatable bonds is 0. The average molecular weight is 315 g/mol. The standard InChI is InChI=1S/C20H17N3O/c1-5-16-12-17(7-1)19-9-10-21-20(23-19)22-18-8-2-4-15(13-18)6-3-11-24-14-16/h1-10,12-13H,11,14H2,(H,21,22,23)/b6-3+. The number of ether oxygens (including phenoxy) is 1. The summed E-state index contributed by atoms with van der Waals surface area (Å²) in [5.74, 6) is 0.588. The van der Waals surface area contributed by atoms with Gasteiger partial charge < -0.3 is 10.1 Å². The monoisotopic (exact) mass is 315 g/mol. The van der Waals surface area contributed by atoms with Crippen LogP contribution in [-0.4, -0.2) is 16.6 Å². The Bertz CT molecular complexity index is 889. The molecule has 1 N–H and O–H groups in total. The fourth-order valence-corrected chi connectivity index (χ4v) is 2.68. The Kier molecular flexibility index (Phi) is 4.04. The van der Waals surface area contributed by atoms with E-state index in [0.717, 1.165) is 28.1 Å². The lowest BCUT2D eigenvalue weighted by molar-refractivity contribution is 0.149. The van der Waals surface area contributed by atoms with Crippen molar-refractivity contribution in [2.24, 2.45) is 0 Å². The van der Waals surface area contributed by atoms with Gasteiger partial charge in [-0.3, -0.25) is 0 Å². The van der Waals surface area contributed by atoms with Gasteiger partial charge in [-0.25, -0.2) is 9.97 Å². The molecule has 0 saturated carbocycles. The van der Waals surface area contributed by atoms with Crippen LogP contribution in [0.5, 0.6) is 0 Å². The lowest BCUT2D eigenvalue weighted by Crippen LogP contribution is -1.98. The summed E-state index contributed by atoms with van der Waals surface area (Å²) in [6.07, 6.45) is 5.85. The lowest BCUT2D eigenvalue weighted by atomic mass is 10.1. The summed E-state index contributed by atoms with van der Waals surface area (Å²) in [6.45, 7) is 1.16. The molecule has 24 heavy (non-hydrogen) atoms. The molecule has 4 nitrogen and oxygen atoms in total. The highest BCUT2D eigenvalue weighted by atomic mass is 16.5. The van der Waals surface area contributed by atoms with E-state index < -0.39 is 0 Å². The summed E-state index contributed by atoms with van der Waals surface area (Å²) in [5, 5.41) is 3.27. The molecule has 2 aromatic carbocycles. The van der Waals surface area contributed by atoms with E-state index >= 15 is 0 Å². The maximum absolute atomic E-state index is 5.74. The molecule has 0 fully saturated rings. The third-order valence-electron chi connectivity index (χ3n) is 3.81. The number of benzene rings is 2. The number of nitrogens with one attached hydrogen (secondary N) is 1. The third kappa shape index (κ3) is 3.34. The van der Waals surface area contributed by atoms with Gasteiger partial charge in [-0.2, -0.15) is 0 Å². The molecule has 3 aromatic rings. The second-order valence-electron chi connectivity index (χ2n) is 5.63. The summed E-state index contributed by atoms with van der Waals surface area (Å²) >= 11 is 0. The van der Waals surface area contributed by atoms with Crippen molar-refractivity contribution in [1.29, 1.82) is 0 Å². The van der Waals surface area contributed by atoms with Crippen molar-refractivity contribution in [3.05, 3.63) is 78.0 Å². The number of nitrogens with zero attached hydrogens (tertiary/aromatic N) is 2. The highest BCUT2D eigenvalue weighted by Gasteiger charge is 2.05. The van der Waals surface area contributed by atoms with Gasteiger partial charge in [-0.15, -0.1) is 0 Å². The molecular weight excluding hydrogens is 298 g/mol. The van der Waals surface area contributed by atoms with Crippen LogP contribution in [0, 0.1) is 0 Å². The maximum Gasteiger partial charge on any atom is 0.227 e. The van der Waals surface area contributed by atoms with Gasteiger partial charge in [-0.1, -0.05) is 42.5 Å². The number of aromatic nitrogens is 2. The maximum atomic E-state index is 5.74. The Morgan fingerprint density at radius 2 is 1.96 bits per heavy atom. The predicted molar refractivity (Wildman–Crippen MR) is 95.9 cm³/mol. The fraction of sp³-hybridized carbons (Fsp3) is 0.100. The molecule has 4 heteroatoms. The molecule has 0 saturated heterocycles. The van der Waals surface area contributed by atoms with E-state index in [4.69, 9.17) is 4.74 Å². The first-order valence-electron chi connectivity index (χ1n) is 7.90. The van der Waals surface area contributed by atoms with Crippen molar-refractivity contribution in [2.45, 2.75) is 6.61 Å². The van der Waals surface area contributed by atoms with Crippen LogP contribution in [0.15, 0.2) is 66.9 Å². The lowest BCUT2D eigenvalue weighted by Gasteiger charge is -2.08. The van der Waals surface area contributed by atoms with E-state index in [1.54, 1.807) is 6.20 Å². The molecule has 1 aromatic heterocycles. The van der Waals surface area contributed by atoms with E-state index in [2.05, 4.69) is 45.6 Å². The molecule has 4 rings (SSSR count). The Hall–Kier alpha value is -2.98. The minimum absolute atomic E-state index is 0.578. The summed E-state index contributed by atoms with van der Waals surface area (Å²) in [6, 6.07) is 18.3. The Morgan fingerprint density at radius 1 is 1.00 bits per heavy atom. The van der Waals surface area contributed by atoms with Crippen molar-refractivity contribution in [3.63, 3.8) is 0 Å². The van der Waals surface area contributed by atoms with Crippen LogP contribution < -0.4 is 5.32 Å². The van der Waals surface area contributed by atoms with Gasteiger partial charge in [0.25, 0.3) is 0 Å². The molecule has 6 bridgehead atoms. The van der Waals surface area contributed by atoms with Crippen molar-refractivity contribution in [1.82, 2.24) is 9.97 Å². The minimum Gasteiger partial charge on any atom is -0.373 e. The van der Waals surface area contributed by atoms with Gasteiger partial charge in [0, 0.05) is 17.4 Å². The van der Waals surface area contributed by atoms with Crippen molar-refractivity contribution in [3.8, 4) is 11.3 Å². The zero-order chi connectivity index (χ0) is 16.2. The molecule has 0 radical (unpaired) electrons. The largest absolute Gasteiger partial charge is 0.373 e. The first-order chi connectivity index (χ1) is 11.9. The van der Waals surface area contributed by atoms with E-state index in [0.29, 0.717) is 19.2 Å². The number of anilines is 2. The zero-order valence-electron chi connectivity index (χ0n) is 13.1. The first kappa shape index (κ1) is 14.6. The van der Waals surface area contributed by atoms with Crippen LogP contribution in [0.1, 0.15) is 11.1 Å². The summed E-state index contributed by atoms with van der Waals surface area (Å²) in [7, 11) is 0. The SMILES string of the molecule is C1=C/c2cccc(c2)Nc2nccc(n2)-c2cccc(c2)COC/1. The average Bonchev–Trinajstić information content (AvgIpc) is 2.62. The van der Waals surface area contributed by atoms with E-state index in [9.17, 15) is 0 Å². The molecule has 1 aliphatic rings. The van der Waals surface area contributed by atoms with E-state index in [-0.39, 0.29) is 0 Å². The molecule has 118 valence electrons. The smallest absolute Gasteiger partial charge is 0.227 e. The summed E-state index contributed by atoms with van der Waals surface area (Å²) in [5.41, 5.74) is 5.14. The zero-order valence-corrected chi connectivity index (χ0v) is 13.1. The van der Waals surface area contributed by atoms with Crippen molar-refractivity contribution < 1.29 is 4.74 Å². The van der Waals surface area contributed by atoms with Crippen LogP contribution in [0.3, 0.4) is 0 Å². The molecule has 0 amide bonds. The Balaban J connectivity index is 1.77. The second-order valence-corrected chi connectivity index (χ2v) is 5.63. The number of fused-ring (bicyclic) bond motifs is 7. The van der Waals surface area contributed by atoms with Crippen LogP contribution >= 0.6 is 0 Å². The highest BCUT2D eigenvalue weighted by molar-refractivity contribution is 5.64. The van der Waals surface area contributed by atoms with Gasteiger partial charge in [0.1, 0.15) is 0 Å². The van der Waals surface area contributed by atoms with Gasteiger partial charge >= 0.3 is 0 Å². The predicted octanol–water partition coefficient (Wildman–Crippen LogP) is 4.43. The molecular formula is C20H17N3O. The van der Waals surface area contributed by atoms with Crippen molar-refractivity contribution in [2.75, 3.05) is 11.9 Å². The highest BCUT2D eigenvalue weighted by Crippen LogP contribution is 2.22. The van der Waals surface area contributed by atoms with Crippen LogP contribution in [0.4, 0.5) is 11.6 Å². The first-order valence-corrected chi connectivity index (χ1v) is 7.90. The van der Waals surface area contributed by atoms with Crippen LogP contribution in [0.25, 0.3) is 17.3 Å². The molecule has 0 spiro atoms. The van der Waals surface area contributed by atoms with Gasteiger partial charge in [0.15, 0.2) is 0 Å². The summed E-state index contributed by atoms with van der Waals surface area (Å²) in [4.78, 5) is 8.96. The third-order valence-corrected chi connectivity index (χ3v) is 3.81. The normalized spacial score (nSPS) is 14.8. The van der Waals surface area contributed by atoms with Crippen LogP contribution in [-0.2, 0) is 11.3 Å². The van der Waals surface area contributed by atoms with E-state index in [1.165, 1.54) is 0 Å². The van der Waals surface area contributed by atoms with Gasteiger partial charge in [0.2, 0.25) is 5.95 Å². The fourth-order valence-electron chi connectivity index (χ4n) is 2.68. The van der Waals surface area contributed by atoms with E-state index in [1.807, 2.05) is 36.4 Å². The Labute approximate surface area is 140 Å². The van der Waals surface area contributed by atoms with Gasteiger partial charge in [-0.05, 0) is 35.4 Å². The van der Waals surface area contributed by atoms with Crippen LogP contribution in [0.2, 0.25) is 0 Å². The van der Waals surface area contributed by atoms with Gasteiger partial charge in [0.05, 0.1) is 18.9 Å². The number of hydrogen-bond acceptors (Lipinski definition) is 4. The molecule has 0 aliphatic carbocycles. The number of hydrogen-bond donors (Lipinski definition) is 1. The molecule has 0 atom stereocenters. The topological polar surface area (TPSA) is 47.0 Å². The molecule has 0 unspecified atom stereocenters. The summed E-state index contributed by atoms with van der Waals surface area (Å²) < 4.78 is 5.74.